The molecule has 0 bridgehead atoms. The number of furan rings is 1. The third-order valence-corrected chi connectivity index (χ3v) is 2.78. The number of carbonyl (C=O) groups is 1. The first-order valence-electron chi connectivity index (χ1n) is 6.40. The van der Waals surface area contributed by atoms with Crippen LogP contribution in [-0.2, 0) is 11.2 Å². The van der Waals surface area contributed by atoms with Crippen molar-refractivity contribution in [3.8, 4) is 0 Å². The van der Waals surface area contributed by atoms with Crippen LogP contribution in [-0.4, -0.2) is 10.8 Å². The van der Waals surface area contributed by atoms with Crippen molar-refractivity contribution >= 4 is 23.4 Å². The van der Waals surface area contributed by atoms with Gasteiger partial charge in [0.15, 0.2) is 0 Å². The average molecular weight is 286 g/mol. The third-order valence-electron chi connectivity index (χ3n) is 2.78. The Balaban J connectivity index is 1.96. The summed E-state index contributed by atoms with van der Waals surface area (Å²) in [6.45, 7) is 1.98. The molecule has 6 nitrogen and oxygen atoms in total. The van der Waals surface area contributed by atoms with Crippen LogP contribution in [0, 0.1) is 10.1 Å². The summed E-state index contributed by atoms with van der Waals surface area (Å²) < 4.78 is 5.43. The van der Waals surface area contributed by atoms with E-state index in [1.807, 2.05) is 13.0 Å². The Kier molecular flexibility index (Phi) is 4.50. The second-order valence-electron chi connectivity index (χ2n) is 4.28. The predicted octanol–water partition coefficient (Wildman–Crippen LogP) is 3.40. The minimum Gasteiger partial charge on any atom is -0.462 e. The molecular formula is C15H14N2O4. The van der Waals surface area contributed by atoms with Crippen molar-refractivity contribution in [1.82, 2.24) is 0 Å². The first kappa shape index (κ1) is 14.5. The molecule has 1 N–H and O–H groups in total. The molecule has 1 heterocycles. The Morgan fingerprint density at radius 2 is 2.00 bits per heavy atom. The largest absolute Gasteiger partial charge is 0.462 e. The van der Waals surface area contributed by atoms with Gasteiger partial charge in [-0.25, -0.2) is 0 Å². The quantitative estimate of drug-likeness (QED) is 0.518. The van der Waals surface area contributed by atoms with Gasteiger partial charge in [-0.05, 0) is 30.3 Å². The Hall–Kier alpha value is -2.89. The van der Waals surface area contributed by atoms with E-state index in [1.165, 1.54) is 30.3 Å². The smallest absolute Gasteiger partial charge is 0.269 e. The number of nitro benzene ring substituents is 1. The molecule has 108 valence electrons. The molecule has 6 heteroatoms. The van der Waals surface area contributed by atoms with Gasteiger partial charge in [0.1, 0.15) is 11.5 Å². The lowest BCUT2D eigenvalue weighted by molar-refractivity contribution is -0.384. The molecule has 2 rings (SSSR count). The number of rotatable bonds is 5. The summed E-state index contributed by atoms with van der Waals surface area (Å²) in [6.07, 6.45) is 3.71. The lowest BCUT2D eigenvalue weighted by Gasteiger charge is -2.00. The normalized spacial score (nSPS) is 10.7. The summed E-state index contributed by atoms with van der Waals surface area (Å²) in [5, 5.41) is 13.1. The molecule has 0 saturated heterocycles. The Morgan fingerprint density at radius 3 is 2.57 bits per heavy atom. The minimum absolute atomic E-state index is 0.0220. The van der Waals surface area contributed by atoms with Crippen LogP contribution in [0.25, 0.3) is 6.08 Å². The average Bonchev–Trinajstić information content (AvgIpc) is 2.94. The van der Waals surface area contributed by atoms with E-state index in [1.54, 1.807) is 12.1 Å². The number of amides is 1. The number of nitro groups is 1. The monoisotopic (exact) mass is 286 g/mol. The van der Waals surface area contributed by atoms with Crippen LogP contribution >= 0.6 is 0 Å². The van der Waals surface area contributed by atoms with Crippen molar-refractivity contribution in [2.75, 3.05) is 5.32 Å². The second-order valence-corrected chi connectivity index (χ2v) is 4.28. The van der Waals surface area contributed by atoms with Gasteiger partial charge in [-0.3, -0.25) is 14.9 Å². The van der Waals surface area contributed by atoms with Crippen LogP contribution in [0.15, 0.2) is 46.9 Å². The van der Waals surface area contributed by atoms with Crippen LogP contribution in [0.4, 0.5) is 11.4 Å². The van der Waals surface area contributed by atoms with E-state index in [4.69, 9.17) is 4.42 Å². The number of anilines is 1. The minimum atomic E-state index is -0.492. The van der Waals surface area contributed by atoms with Gasteiger partial charge in [0.05, 0.1) is 4.92 Å². The summed E-state index contributed by atoms with van der Waals surface area (Å²) >= 11 is 0. The lowest BCUT2D eigenvalue weighted by Crippen LogP contribution is -2.07. The molecule has 0 atom stereocenters. The first-order valence-corrected chi connectivity index (χ1v) is 6.40. The van der Waals surface area contributed by atoms with Gasteiger partial charge in [0.25, 0.3) is 5.69 Å². The molecule has 0 aliphatic rings. The number of carbonyl (C=O) groups excluding carboxylic acids is 1. The van der Waals surface area contributed by atoms with Gasteiger partial charge < -0.3 is 9.73 Å². The van der Waals surface area contributed by atoms with Crippen LogP contribution < -0.4 is 5.32 Å². The number of hydrogen-bond acceptors (Lipinski definition) is 4. The standard InChI is InChI=1S/C15H14N2O4/c1-2-13-7-8-14(21-13)9-10-15(18)16-11-3-5-12(6-4-11)17(19)20/h3-10H,2H2,1H3,(H,16,18)/b10-9+. The highest BCUT2D eigenvalue weighted by atomic mass is 16.6. The summed E-state index contributed by atoms with van der Waals surface area (Å²) in [6, 6.07) is 9.26. The molecule has 1 aromatic carbocycles. The van der Waals surface area contributed by atoms with E-state index >= 15 is 0 Å². The topological polar surface area (TPSA) is 85.4 Å². The molecule has 21 heavy (non-hydrogen) atoms. The van der Waals surface area contributed by atoms with E-state index in [9.17, 15) is 14.9 Å². The zero-order valence-electron chi connectivity index (χ0n) is 11.4. The van der Waals surface area contributed by atoms with Crippen LogP contribution in [0.2, 0.25) is 0 Å². The van der Waals surface area contributed by atoms with Crippen molar-refractivity contribution in [3.05, 3.63) is 64.1 Å². The Bertz CT molecular complexity index is 671. The Morgan fingerprint density at radius 1 is 1.29 bits per heavy atom. The number of benzene rings is 1. The zero-order valence-corrected chi connectivity index (χ0v) is 11.4. The number of nitrogens with zero attached hydrogens (tertiary/aromatic N) is 1. The molecule has 0 aliphatic heterocycles. The van der Waals surface area contributed by atoms with E-state index in [0.29, 0.717) is 11.4 Å². The molecule has 2 aromatic rings. The SMILES string of the molecule is CCc1ccc(/C=C/C(=O)Nc2ccc([N+](=O)[O-])cc2)o1. The summed E-state index contributed by atoms with van der Waals surface area (Å²) in [4.78, 5) is 21.7. The molecule has 1 aromatic heterocycles. The van der Waals surface area contributed by atoms with Crippen LogP contribution in [0.1, 0.15) is 18.4 Å². The number of non-ortho nitro benzene ring substituents is 1. The van der Waals surface area contributed by atoms with Gasteiger partial charge in [-0.15, -0.1) is 0 Å². The zero-order chi connectivity index (χ0) is 15.2. The van der Waals surface area contributed by atoms with Crippen molar-refractivity contribution in [3.63, 3.8) is 0 Å². The maximum absolute atomic E-state index is 11.7. The molecule has 0 fully saturated rings. The van der Waals surface area contributed by atoms with Gasteiger partial charge in [-0.1, -0.05) is 6.92 Å². The number of aryl methyl sites for hydroxylation is 1. The van der Waals surface area contributed by atoms with Gasteiger partial charge in [0, 0.05) is 30.3 Å². The van der Waals surface area contributed by atoms with E-state index < -0.39 is 4.92 Å². The molecule has 0 saturated carbocycles. The highest BCUT2D eigenvalue weighted by Crippen LogP contribution is 2.15. The van der Waals surface area contributed by atoms with E-state index in [0.717, 1.165) is 12.2 Å². The molecule has 1 amide bonds. The van der Waals surface area contributed by atoms with Crippen molar-refractivity contribution < 1.29 is 14.1 Å². The fourth-order valence-corrected chi connectivity index (χ4v) is 1.68. The summed E-state index contributed by atoms with van der Waals surface area (Å²) in [7, 11) is 0. The second kappa shape index (κ2) is 6.51. The number of nitrogens with one attached hydrogen (secondary N) is 1. The lowest BCUT2D eigenvalue weighted by atomic mass is 10.3. The van der Waals surface area contributed by atoms with Crippen LogP contribution in [0.5, 0.6) is 0 Å². The fourth-order valence-electron chi connectivity index (χ4n) is 1.68. The van der Waals surface area contributed by atoms with E-state index in [2.05, 4.69) is 5.32 Å². The summed E-state index contributed by atoms with van der Waals surface area (Å²) in [5.74, 6) is 1.12. The summed E-state index contributed by atoms with van der Waals surface area (Å²) in [5.41, 5.74) is 0.468. The number of hydrogen-bond donors (Lipinski definition) is 1. The van der Waals surface area contributed by atoms with Crippen LogP contribution in [0.3, 0.4) is 0 Å². The molecule has 0 radical (unpaired) electrons. The maximum Gasteiger partial charge on any atom is 0.269 e. The van der Waals surface area contributed by atoms with Gasteiger partial charge in [0.2, 0.25) is 5.91 Å². The predicted molar refractivity (Wildman–Crippen MR) is 78.8 cm³/mol. The third kappa shape index (κ3) is 4.04. The Labute approximate surface area is 121 Å². The van der Waals surface area contributed by atoms with Crippen molar-refractivity contribution in [2.45, 2.75) is 13.3 Å². The molecule has 0 unspecified atom stereocenters. The molecule has 0 aliphatic carbocycles. The van der Waals surface area contributed by atoms with Crippen molar-refractivity contribution in [1.29, 1.82) is 0 Å². The molecule has 0 spiro atoms. The fraction of sp³-hybridized carbons (Fsp3) is 0.133. The van der Waals surface area contributed by atoms with Crippen molar-refractivity contribution in [2.24, 2.45) is 0 Å². The first-order chi connectivity index (χ1) is 10.1. The highest BCUT2D eigenvalue weighted by molar-refractivity contribution is 6.01. The highest BCUT2D eigenvalue weighted by Gasteiger charge is 2.05. The van der Waals surface area contributed by atoms with E-state index in [-0.39, 0.29) is 11.6 Å². The molecular weight excluding hydrogens is 272 g/mol. The van der Waals surface area contributed by atoms with Gasteiger partial charge in [-0.2, -0.15) is 0 Å². The maximum atomic E-state index is 11.7. The van der Waals surface area contributed by atoms with Gasteiger partial charge >= 0.3 is 0 Å².